The summed E-state index contributed by atoms with van der Waals surface area (Å²) in [7, 11) is 1.10. The maximum Gasteiger partial charge on any atom is 0.203 e. The first-order valence-corrected chi connectivity index (χ1v) is 11.2. The van der Waals surface area contributed by atoms with E-state index in [4.69, 9.17) is 0 Å². The molecule has 0 saturated carbocycles. The van der Waals surface area contributed by atoms with Crippen LogP contribution in [0.25, 0.3) is 32.9 Å². The van der Waals surface area contributed by atoms with Crippen molar-refractivity contribution in [3.63, 3.8) is 0 Å². The fraction of sp³-hybridized carbons (Fsp3) is 0.0833. The summed E-state index contributed by atoms with van der Waals surface area (Å²) in [6.45, 7) is 0. The van der Waals surface area contributed by atoms with Crippen LogP contribution in [-0.4, -0.2) is 9.13 Å². The van der Waals surface area contributed by atoms with Crippen molar-refractivity contribution in [1.29, 1.82) is 0 Å². The predicted octanol–water partition coefficient (Wildman–Crippen LogP) is 4.29. The first-order chi connectivity index (χ1) is 13.6. The summed E-state index contributed by atoms with van der Waals surface area (Å²) in [5.41, 5.74) is 6.43. The van der Waals surface area contributed by atoms with Crippen molar-refractivity contribution in [3.05, 3.63) is 78.9 Å². The molecule has 6 rings (SSSR count). The van der Waals surface area contributed by atoms with E-state index in [0.717, 1.165) is 38.3 Å². The fourth-order valence-electron chi connectivity index (χ4n) is 4.97. The van der Waals surface area contributed by atoms with Crippen LogP contribution in [0.5, 0.6) is 0 Å². The smallest absolute Gasteiger partial charge is 0.203 e. The molecule has 0 amide bonds. The van der Waals surface area contributed by atoms with Gasteiger partial charge in [0.15, 0.2) is 0 Å². The van der Waals surface area contributed by atoms with Crippen LogP contribution in [-0.2, 0) is 18.7 Å². The number of benzene rings is 3. The van der Waals surface area contributed by atoms with Crippen molar-refractivity contribution >= 4 is 45.1 Å². The zero-order valence-corrected chi connectivity index (χ0v) is 16.6. The van der Waals surface area contributed by atoms with E-state index in [9.17, 15) is 4.57 Å². The summed E-state index contributed by atoms with van der Waals surface area (Å²) in [6, 6.07) is 26.8. The number of hydrogen-bond donors (Lipinski definition) is 0. The normalized spacial score (nSPS) is 14.5. The summed E-state index contributed by atoms with van der Waals surface area (Å²) in [5.74, 6) is 0. The maximum absolute atomic E-state index is 15.0. The third-order valence-electron chi connectivity index (χ3n) is 6.12. The molecule has 0 fully saturated rings. The molecule has 1 aliphatic rings. The van der Waals surface area contributed by atoms with E-state index < -0.39 is 7.14 Å². The number of hydrogen-bond acceptors (Lipinski definition) is 1. The van der Waals surface area contributed by atoms with E-state index in [1.54, 1.807) is 0 Å². The molecule has 0 unspecified atom stereocenters. The van der Waals surface area contributed by atoms with Gasteiger partial charge in [-0.3, -0.25) is 0 Å². The average molecular weight is 382 g/mol. The summed E-state index contributed by atoms with van der Waals surface area (Å²) < 4.78 is 19.3. The van der Waals surface area contributed by atoms with Gasteiger partial charge in [-0.15, -0.1) is 0 Å². The highest BCUT2D eigenvalue weighted by molar-refractivity contribution is 7.86. The van der Waals surface area contributed by atoms with E-state index in [2.05, 4.69) is 57.7 Å². The Balaban J connectivity index is 1.92. The average Bonchev–Trinajstić information content (AvgIpc) is 3.31. The van der Waals surface area contributed by atoms with Crippen LogP contribution in [0.1, 0.15) is 0 Å². The van der Waals surface area contributed by atoms with Crippen molar-refractivity contribution in [2.24, 2.45) is 14.1 Å². The Hall–Kier alpha value is -3.03. The topological polar surface area (TPSA) is 26.9 Å². The Bertz CT molecular complexity index is 1370. The molecule has 136 valence electrons. The van der Waals surface area contributed by atoms with Gasteiger partial charge in [0.2, 0.25) is 7.14 Å². The Morgan fingerprint density at radius 3 is 1.54 bits per heavy atom. The third kappa shape index (κ3) is 1.69. The van der Waals surface area contributed by atoms with Gasteiger partial charge in [-0.1, -0.05) is 66.7 Å². The van der Waals surface area contributed by atoms with Crippen LogP contribution in [0, 0.1) is 0 Å². The van der Waals surface area contributed by atoms with Gasteiger partial charge in [0.05, 0.1) is 10.9 Å². The van der Waals surface area contributed by atoms with E-state index in [0.29, 0.717) is 0 Å². The zero-order valence-electron chi connectivity index (χ0n) is 15.8. The number of aryl methyl sites for hydroxylation is 2. The van der Waals surface area contributed by atoms with E-state index in [1.165, 1.54) is 10.8 Å². The van der Waals surface area contributed by atoms with Gasteiger partial charge in [-0.05, 0) is 12.1 Å². The minimum absolute atomic E-state index is 0.895. The lowest BCUT2D eigenvalue weighted by molar-refractivity contribution is 0.590. The molecule has 3 aromatic carbocycles. The van der Waals surface area contributed by atoms with Crippen LogP contribution in [0.2, 0.25) is 0 Å². The van der Waals surface area contributed by atoms with Crippen LogP contribution < -0.4 is 16.2 Å². The molecule has 0 N–H and O–H groups in total. The maximum atomic E-state index is 15.0. The molecule has 3 heterocycles. The summed E-state index contributed by atoms with van der Waals surface area (Å²) in [6.07, 6.45) is 0. The first kappa shape index (κ1) is 16.0. The highest BCUT2D eigenvalue weighted by Gasteiger charge is 2.47. The largest absolute Gasteiger partial charge is 0.340 e. The van der Waals surface area contributed by atoms with Gasteiger partial charge < -0.3 is 13.7 Å². The van der Waals surface area contributed by atoms with Gasteiger partial charge in [-0.2, -0.15) is 0 Å². The second-order valence-electron chi connectivity index (χ2n) is 7.49. The van der Waals surface area contributed by atoms with Crippen molar-refractivity contribution in [2.75, 3.05) is 0 Å². The van der Waals surface area contributed by atoms with Crippen LogP contribution in [0.4, 0.5) is 0 Å². The molecule has 0 bridgehead atoms. The zero-order chi connectivity index (χ0) is 19.0. The second-order valence-corrected chi connectivity index (χ2v) is 10.1. The summed E-state index contributed by atoms with van der Waals surface area (Å²) in [5, 5.41) is 3.24. The lowest BCUT2D eigenvalue weighted by Gasteiger charge is -2.18. The van der Waals surface area contributed by atoms with Crippen molar-refractivity contribution in [3.8, 4) is 11.1 Å². The fourth-order valence-corrected chi connectivity index (χ4v) is 8.41. The summed E-state index contributed by atoms with van der Waals surface area (Å²) in [4.78, 5) is 0. The number of para-hydroxylation sites is 2. The standard InChI is InChI=1S/C24H19N2OP/c1-25-19-14-8-6-12-17(19)21-22-18-13-7-9-15-20(18)26(2)24(22)28(27,23(21)25)16-10-4-3-5-11-16/h3-15H,1-2H3. The SMILES string of the molecule is Cn1c2c(c3ccccc31)-c1c(n(C)c3ccccc13)P2(=O)c1ccccc1. The highest BCUT2D eigenvalue weighted by Crippen LogP contribution is 2.56. The minimum atomic E-state index is -3.00. The van der Waals surface area contributed by atoms with Gasteiger partial charge >= 0.3 is 0 Å². The molecule has 3 nitrogen and oxygen atoms in total. The van der Waals surface area contributed by atoms with Crippen LogP contribution in [0.3, 0.4) is 0 Å². The Kier molecular flexibility index (Phi) is 3.01. The van der Waals surface area contributed by atoms with Crippen LogP contribution in [0.15, 0.2) is 78.9 Å². The van der Waals surface area contributed by atoms with Gasteiger partial charge in [0.1, 0.15) is 0 Å². The predicted molar refractivity (Wildman–Crippen MR) is 118 cm³/mol. The Morgan fingerprint density at radius 1 is 0.607 bits per heavy atom. The summed E-state index contributed by atoms with van der Waals surface area (Å²) >= 11 is 0. The highest BCUT2D eigenvalue weighted by atomic mass is 31.2. The second kappa shape index (κ2) is 5.27. The minimum Gasteiger partial charge on any atom is -0.340 e. The molecular weight excluding hydrogens is 363 g/mol. The monoisotopic (exact) mass is 382 g/mol. The molecule has 0 spiro atoms. The first-order valence-electron chi connectivity index (χ1n) is 9.46. The quantitative estimate of drug-likeness (QED) is 0.390. The van der Waals surface area contributed by atoms with Gasteiger partial charge in [-0.25, -0.2) is 0 Å². The molecule has 5 aromatic rings. The third-order valence-corrected chi connectivity index (χ3v) is 9.38. The number of rotatable bonds is 1. The van der Waals surface area contributed by atoms with E-state index in [1.807, 2.05) is 44.4 Å². The molecule has 0 radical (unpaired) electrons. The van der Waals surface area contributed by atoms with Crippen molar-refractivity contribution < 1.29 is 4.57 Å². The molecule has 1 aliphatic heterocycles. The number of fused-ring (bicyclic) bond motifs is 7. The van der Waals surface area contributed by atoms with Gasteiger partial charge in [0.25, 0.3) is 0 Å². The molecule has 0 aliphatic carbocycles. The number of aromatic nitrogens is 2. The molecule has 28 heavy (non-hydrogen) atoms. The molecule has 2 aromatic heterocycles. The van der Waals surface area contributed by atoms with E-state index in [-0.39, 0.29) is 0 Å². The van der Waals surface area contributed by atoms with Crippen molar-refractivity contribution in [2.45, 2.75) is 0 Å². The lowest BCUT2D eigenvalue weighted by Crippen LogP contribution is -2.28. The van der Waals surface area contributed by atoms with Crippen LogP contribution >= 0.6 is 7.14 Å². The van der Waals surface area contributed by atoms with Crippen molar-refractivity contribution in [1.82, 2.24) is 9.13 Å². The Morgan fingerprint density at radius 2 is 1.04 bits per heavy atom. The molecule has 0 atom stereocenters. The Labute approximate surface area is 163 Å². The lowest BCUT2D eigenvalue weighted by atomic mass is 10.0. The van der Waals surface area contributed by atoms with Gasteiger partial charge in [0, 0.05) is 52.3 Å². The van der Waals surface area contributed by atoms with E-state index >= 15 is 0 Å². The molecule has 0 saturated heterocycles. The molecule has 4 heteroatoms. The molecular formula is C24H19N2OP. The number of nitrogens with zero attached hydrogens (tertiary/aromatic N) is 2.